The molecule has 2 nitrogen and oxygen atoms in total. The molecule has 1 rings (SSSR count). The number of aromatic hydroxyl groups is 2. The molecule has 0 aliphatic rings. The molecule has 0 aliphatic carbocycles. The summed E-state index contributed by atoms with van der Waals surface area (Å²) in [5.41, 5.74) is 1.66. The van der Waals surface area contributed by atoms with Gasteiger partial charge in [0.15, 0.2) is 11.5 Å². The molecule has 0 bridgehead atoms. The summed E-state index contributed by atoms with van der Waals surface area (Å²) in [4.78, 5) is -0.576. The molecular weight excluding hydrogens is 247 g/mol. The fourth-order valence-electron chi connectivity index (χ4n) is 1.65. The van der Waals surface area contributed by atoms with Crippen LogP contribution in [0, 0.1) is 0 Å². The van der Waals surface area contributed by atoms with Crippen LogP contribution in [0.2, 0.25) is 0 Å². The molecule has 2 N–H and O–H groups in total. The average molecular weight is 263 g/mol. The maximum atomic E-state index is 9.76. The smallest absolute Gasteiger partial charge is 0.161 e. The number of phenolic OH excluding ortho intramolecular Hbond substituents is 2. The fraction of sp³-hybridized carbons (Fsp3) is 0.500. The Balaban J connectivity index is 3.01. The van der Waals surface area contributed by atoms with Crippen LogP contribution in [-0.2, 0) is 12.8 Å². The summed E-state index contributed by atoms with van der Waals surface area (Å²) in [6, 6.07) is 3.32. The average Bonchev–Trinajstić information content (AvgIpc) is 2.23. The van der Waals surface area contributed by atoms with E-state index in [1.54, 1.807) is 0 Å². The summed E-state index contributed by atoms with van der Waals surface area (Å²) in [6.07, 6.45) is 3.32. The number of hydrogen-bond acceptors (Lipinski definition) is 2. The topological polar surface area (TPSA) is 40.5 Å². The number of halogens is 2. The third-order valence-corrected chi connectivity index (χ3v) is 2.83. The lowest BCUT2D eigenvalue weighted by Gasteiger charge is -2.12. The van der Waals surface area contributed by atoms with Crippen molar-refractivity contribution in [3.63, 3.8) is 0 Å². The molecular formula is C12H16Cl2O2. The minimum absolute atomic E-state index is 0.0973. The Hall–Kier alpha value is -0.600. The molecule has 0 radical (unpaired) electrons. The SMILES string of the molecule is CCCCc1ccc(O)c(O)c1CC(Cl)Cl. The normalized spacial score (nSPS) is 11.0. The Kier molecular flexibility index (Phi) is 5.23. The van der Waals surface area contributed by atoms with E-state index in [0.29, 0.717) is 12.0 Å². The predicted octanol–water partition coefficient (Wildman–Crippen LogP) is 3.79. The minimum atomic E-state index is -0.576. The van der Waals surface area contributed by atoms with Gasteiger partial charge in [-0.15, -0.1) is 23.2 Å². The summed E-state index contributed by atoms with van der Waals surface area (Å²) in [5, 5.41) is 19.2. The molecule has 0 fully saturated rings. The summed E-state index contributed by atoms with van der Waals surface area (Å²) in [5.74, 6) is -0.218. The number of aryl methyl sites for hydroxylation is 1. The minimum Gasteiger partial charge on any atom is -0.504 e. The maximum absolute atomic E-state index is 9.76. The van der Waals surface area contributed by atoms with E-state index in [-0.39, 0.29) is 11.5 Å². The second kappa shape index (κ2) is 6.21. The standard InChI is InChI=1S/C12H16Cl2O2/c1-2-3-4-8-5-6-10(15)12(16)9(8)7-11(13)14/h5-6,11,15-16H,2-4,7H2,1H3. The largest absolute Gasteiger partial charge is 0.504 e. The number of alkyl halides is 2. The first-order valence-electron chi connectivity index (χ1n) is 5.37. The molecule has 0 aliphatic heterocycles. The molecule has 90 valence electrons. The quantitative estimate of drug-likeness (QED) is 0.626. The van der Waals surface area contributed by atoms with Crippen molar-refractivity contribution < 1.29 is 10.2 Å². The summed E-state index contributed by atoms with van der Waals surface area (Å²) >= 11 is 11.4. The molecule has 0 saturated heterocycles. The number of unbranched alkanes of at least 4 members (excludes halogenated alkanes) is 1. The van der Waals surface area contributed by atoms with E-state index in [1.807, 2.05) is 6.07 Å². The van der Waals surface area contributed by atoms with Crippen molar-refractivity contribution in [3.8, 4) is 11.5 Å². The zero-order valence-electron chi connectivity index (χ0n) is 9.21. The zero-order valence-corrected chi connectivity index (χ0v) is 10.7. The Morgan fingerprint density at radius 2 is 1.94 bits per heavy atom. The van der Waals surface area contributed by atoms with Gasteiger partial charge in [-0.1, -0.05) is 19.4 Å². The number of phenols is 2. The van der Waals surface area contributed by atoms with Gasteiger partial charge in [0.05, 0.1) is 0 Å². The van der Waals surface area contributed by atoms with Crippen molar-refractivity contribution in [1.82, 2.24) is 0 Å². The van der Waals surface area contributed by atoms with Gasteiger partial charge < -0.3 is 10.2 Å². The van der Waals surface area contributed by atoms with Crippen molar-refractivity contribution in [2.75, 3.05) is 0 Å². The Bertz CT molecular complexity index is 351. The zero-order chi connectivity index (χ0) is 12.1. The molecule has 1 aromatic carbocycles. The van der Waals surface area contributed by atoms with Gasteiger partial charge in [-0.25, -0.2) is 0 Å². The van der Waals surface area contributed by atoms with Gasteiger partial charge in [-0.2, -0.15) is 0 Å². The lowest BCUT2D eigenvalue weighted by molar-refractivity contribution is 0.398. The van der Waals surface area contributed by atoms with Gasteiger partial charge in [0.2, 0.25) is 0 Å². The molecule has 0 atom stereocenters. The second-order valence-electron chi connectivity index (χ2n) is 3.77. The molecule has 16 heavy (non-hydrogen) atoms. The molecule has 0 unspecified atom stereocenters. The van der Waals surface area contributed by atoms with E-state index in [0.717, 1.165) is 24.8 Å². The monoisotopic (exact) mass is 262 g/mol. The molecule has 1 aromatic rings. The highest BCUT2D eigenvalue weighted by Gasteiger charge is 2.14. The van der Waals surface area contributed by atoms with Crippen molar-refractivity contribution in [2.24, 2.45) is 0 Å². The first-order chi connectivity index (χ1) is 7.56. The number of rotatable bonds is 5. The van der Waals surface area contributed by atoms with Crippen LogP contribution in [0.15, 0.2) is 12.1 Å². The molecule has 0 aromatic heterocycles. The van der Waals surface area contributed by atoms with E-state index >= 15 is 0 Å². The van der Waals surface area contributed by atoms with Gasteiger partial charge >= 0.3 is 0 Å². The van der Waals surface area contributed by atoms with Crippen LogP contribution >= 0.6 is 23.2 Å². The van der Waals surface area contributed by atoms with Gasteiger partial charge in [0.25, 0.3) is 0 Å². The molecule has 0 amide bonds. The Labute approximate surface area is 106 Å². The highest BCUT2D eigenvalue weighted by molar-refractivity contribution is 6.44. The highest BCUT2D eigenvalue weighted by atomic mass is 35.5. The number of hydrogen-bond donors (Lipinski definition) is 2. The van der Waals surface area contributed by atoms with Crippen LogP contribution in [0.1, 0.15) is 30.9 Å². The fourth-order valence-corrected chi connectivity index (χ4v) is 1.96. The van der Waals surface area contributed by atoms with Crippen LogP contribution < -0.4 is 0 Å². The van der Waals surface area contributed by atoms with E-state index in [2.05, 4.69) is 6.92 Å². The van der Waals surface area contributed by atoms with E-state index in [4.69, 9.17) is 23.2 Å². The van der Waals surface area contributed by atoms with Crippen molar-refractivity contribution >= 4 is 23.2 Å². The summed E-state index contributed by atoms with van der Waals surface area (Å²) < 4.78 is 0. The van der Waals surface area contributed by atoms with Crippen molar-refractivity contribution in [2.45, 2.75) is 37.4 Å². The lowest BCUT2D eigenvalue weighted by atomic mass is 9.99. The molecule has 4 heteroatoms. The van der Waals surface area contributed by atoms with Gasteiger partial charge in [-0.3, -0.25) is 0 Å². The van der Waals surface area contributed by atoms with Crippen LogP contribution in [0.4, 0.5) is 0 Å². The maximum Gasteiger partial charge on any atom is 0.161 e. The van der Waals surface area contributed by atoms with Crippen LogP contribution in [0.25, 0.3) is 0 Å². The second-order valence-corrected chi connectivity index (χ2v) is 5.05. The predicted molar refractivity (Wildman–Crippen MR) is 67.6 cm³/mol. The Morgan fingerprint density at radius 3 is 2.50 bits per heavy atom. The van der Waals surface area contributed by atoms with Gasteiger partial charge in [0.1, 0.15) is 4.84 Å². The Morgan fingerprint density at radius 1 is 1.25 bits per heavy atom. The van der Waals surface area contributed by atoms with Crippen molar-refractivity contribution in [3.05, 3.63) is 23.3 Å². The molecule has 0 spiro atoms. The highest BCUT2D eigenvalue weighted by Crippen LogP contribution is 2.34. The first kappa shape index (κ1) is 13.5. The van der Waals surface area contributed by atoms with Crippen LogP contribution in [0.5, 0.6) is 11.5 Å². The van der Waals surface area contributed by atoms with Crippen molar-refractivity contribution in [1.29, 1.82) is 0 Å². The number of benzene rings is 1. The van der Waals surface area contributed by atoms with Gasteiger partial charge in [0, 0.05) is 12.0 Å². The van der Waals surface area contributed by atoms with Crippen LogP contribution in [-0.4, -0.2) is 15.0 Å². The van der Waals surface area contributed by atoms with Gasteiger partial charge in [-0.05, 0) is 24.5 Å². The van der Waals surface area contributed by atoms with E-state index < -0.39 is 4.84 Å². The van der Waals surface area contributed by atoms with E-state index in [9.17, 15) is 10.2 Å². The summed E-state index contributed by atoms with van der Waals surface area (Å²) in [7, 11) is 0. The van der Waals surface area contributed by atoms with Crippen LogP contribution in [0.3, 0.4) is 0 Å². The lowest BCUT2D eigenvalue weighted by Crippen LogP contribution is -2.00. The van der Waals surface area contributed by atoms with E-state index in [1.165, 1.54) is 6.07 Å². The third-order valence-electron chi connectivity index (χ3n) is 2.52. The third kappa shape index (κ3) is 3.46. The first-order valence-corrected chi connectivity index (χ1v) is 6.24. The molecule has 0 saturated carbocycles. The summed E-state index contributed by atoms with van der Waals surface area (Å²) in [6.45, 7) is 2.10. The molecule has 0 heterocycles.